The van der Waals surface area contributed by atoms with Crippen LogP contribution >= 0.6 is 0 Å². The zero-order chi connectivity index (χ0) is 12.7. The first-order valence-electron chi connectivity index (χ1n) is 5.78. The Morgan fingerprint density at radius 2 is 2.00 bits per heavy atom. The lowest BCUT2D eigenvalue weighted by Crippen LogP contribution is -2.33. The second-order valence-electron chi connectivity index (χ2n) is 3.99. The van der Waals surface area contributed by atoms with Gasteiger partial charge in [-0.2, -0.15) is 0 Å². The Balaban J connectivity index is 2.65. The summed E-state index contributed by atoms with van der Waals surface area (Å²) in [5.41, 5.74) is 7.44. The Bertz CT molecular complexity index is 349. The molecule has 1 aromatic carbocycles. The summed E-state index contributed by atoms with van der Waals surface area (Å²) in [5.74, 6) is 0.0196. The van der Waals surface area contributed by atoms with Gasteiger partial charge in [-0.3, -0.25) is 4.79 Å². The lowest BCUT2D eigenvalue weighted by molar-refractivity contribution is -0.135. The molecule has 94 valence electrons. The van der Waals surface area contributed by atoms with Crippen LogP contribution < -0.4 is 5.73 Å². The molecule has 0 unspecified atom stereocenters. The van der Waals surface area contributed by atoms with E-state index in [2.05, 4.69) is 6.92 Å². The van der Waals surface area contributed by atoms with Crippen molar-refractivity contribution in [3.63, 3.8) is 0 Å². The largest absolute Gasteiger partial charge is 0.399 e. The average Bonchev–Trinajstić information content (AvgIpc) is 2.31. The molecule has 0 aromatic heterocycles. The highest BCUT2D eigenvalue weighted by Gasteiger charge is 2.12. The number of hydrogen-bond donors (Lipinski definition) is 1. The average molecular weight is 236 g/mol. The third-order valence-electron chi connectivity index (χ3n) is 2.47. The molecule has 0 radical (unpaired) electrons. The van der Waals surface area contributed by atoms with Gasteiger partial charge in [0.15, 0.2) is 0 Å². The molecule has 4 heteroatoms. The van der Waals surface area contributed by atoms with Gasteiger partial charge in [0, 0.05) is 25.9 Å². The van der Waals surface area contributed by atoms with Crippen molar-refractivity contribution in [1.29, 1.82) is 0 Å². The van der Waals surface area contributed by atoms with Crippen LogP contribution in [-0.4, -0.2) is 31.1 Å². The summed E-state index contributed by atoms with van der Waals surface area (Å²) >= 11 is 0. The molecule has 0 aliphatic carbocycles. The first kappa shape index (κ1) is 13.5. The van der Waals surface area contributed by atoms with E-state index in [1.807, 2.05) is 24.3 Å². The molecule has 0 heterocycles. The summed E-state index contributed by atoms with van der Waals surface area (Å²) in [6, 6.07) is 7.58. The molecule has 17 heavy (non-hydrogen) atoms. The smallest absolute Gasteiger partial charge is 0.248 e. The molecule has 0 fully saturated rings. The number of rotatable bonds is 6. The van der Waals surface area contributed by atoms with E-state index in [0.29, 0.717) is 6.54 Å². The van der Waals surface area contributed by atoms with Gasteiger partial charge < -0.3 is 15.4 Å². The number of nitrogen functional groups attached to an aromatic ring is 1. The number of hydrogen-bond acceptors (Lipinski definition) is 3. The summed E-state index contributed by atoms with van der Waals surface area (Å²) in [7, 11) is 1.53. The van der Waals surface area contributed by atoms with Crippen LogP contribution in [0, 0.1) is 0 Å². The lowest BCUT2D eigenvalue weighted by atomic mass is 10.2. The fraction of sp³-hybridized carbons (Fsp3) is 0.462. The Labute approximate surface area is 102 Å². The van der Waals surface area contributed by atoms with Crippen LogP contribution in [0.1, 0.15) is 18.9 Å². The molecule has 0 aliphatic rings. The van der Waals surface area contributed by atoms with Gasteiger partial charge in [-0.1, -0.05) is 19.1 Å². The maximum atomic E-state index is 11.8. The van der Waals surface area contributed by atoms with Crippen LogP contribution in [0.4, 0.5) is 5.69 Å². The number of methoxy groups -OCH3 is 1. The Morgan fingerprint density at radius 3 is 2.53 bits per heavy atom. The van der Waals surface area contributed by atoms with Gasteiger partial charge in [0.05, 0.1) is 0 Å². The summed E-state index contributed by atoms with van der Waals surface area (Å²) in [4.78, 5) is 13.6. The van der Waals surface area contributed by atoms with Gasteiger partial charge in [0.1, 0.15) is 6.61 Å². The topological polar surface area (TPSA) is 55.6 Å². The number of carbonyl (C=O) groups excluding carboxylic acids is 1. The van der Waals surface area contributed by atoms with Crippen LogP contribution in [0.15, 0.2) is 24.3 Å². The minimum Gasteiger partial charge on any atom is -0.399 e. The van der Waals surface area contributed by atoms with E-state index in [9.17, 15) is 4.79 Å². The maximum absolute atomic E-state index is 11.8. The van der Waals surface area contributed by atoms with E-state index in [-0.39, 0.29) is 12.5 Å². The third-order valence-corrected chi connectivity index (χ3v) is 2.47. The van der Waals surface area contributed by atoms with Crippen LogP contribution in [0.2, 0.25) is 0 Å². The number of anilines is 1. The van der Waals surface area contributed by atoms with Gasteiger partial charge >= 0.3 is 0 Å². The molecule has 4 nitrogen and oxygen atoms in total. The zero-order valence-electron chi connectivity index (χ0n) is 10.5. The zero-order valence-corrected chi connectivity index (χ0v) is 10.5. The van der Waals surface area contributed by atoms with Crippen molar-refractivity contribution in [1.82, 2.24) is 4.90 Å². The lowest BCUT2D eigenvalue weighted by Gasteiger charge is -2.22. The number of ether oxygens (including phenoxy) is 1. The van der Waals surface area contributed by atoms with Crippen molar-refractivity contribution in [3.05, 3.63) is 29.8 Å². The van der Waals surface area contributed by atoms with Gasteiger partial charge in [0.2, 0.25) is 5.91 Å². The van der Waals surface area contributed by atoms with Gasteiger partial charge in [-0.05, 0) is 24.1 Å². The molecule has 1 aromatic rings. The molecule has 0 saturated carbocycles. The van der Waals surface area contributed by atoms with Crippen molar-refractivity contribution < 1.29 is 9.53 Å². The van der Waals surface area contributed by atoms with Crippen molar-refractivity contribution in [2.75, 3.05) is 26.0 Å². The predicted molar refractivity (Wildman–Crippen MR) is 68.4 cm³/mol. The van der Waals surface area contributed by atoms with E-state index < -0.39 is 0 Å². The van der Waals surface area contributed by atoms with Crippen LogP contribution in [0.3, 0.4) is 0 Å². The second-order valence-corrected chi connectivity index (χ2v) is 3.99. The van der Waals surface area contributed by atoms with Gasteiger partial charge in [0.25, 0.3) is 0 Å². The third kappa shape index (κ3) is 4.44. The molecule has 0 atom stereocenters. The minimum absolute atomic E-state index is 0.0196. The fourth-order valence-corrected chi connectivity index (χ4v) is 1.62. The first-order chi connectivity index (χ1) is 8.17. The number of nitrogens with zero attached hydrogens (tertiary/aromatic N) is 1. The van der Waals surface area contributed by atoms with Crippen LogP contribution in [-0.2, 0) is 16.1 Å². The highest BCUT2D eigenvalue weighted by atomic mass is 16.5. The summed E-state index contributed by atoms with van der Waals surface area (Å²) in [6.07, 6.45) is 0.935. The maximum Gasteiger partial charge on any atom is 0.248 e. The van der Waals surface area contributed by atoms with E-state index in [1.54, 1.807) is 4.90 Å². The summed E-state index contributed by atoms with van der Waals surface area (Å²) in [6.45, 7) is 3.54. The SMILES string of the molecule is CCCN(Cc1ccc(N)cc1)C(=O)COC. The summed E-state index contributed by atoms with van der Waals surface area (Å²) in [5, 5.41) is 0. The molecular weight excluding hydrogens is 216 g/mol. The Hall–Kier alpha value is -1.55. The Kier molecular flexibility index (Phi) is 5.49. The molecule has 0 saturated heterocycles. The normalized spacial score (nSPS) is 10.2. The second kappa shape index (κ2) is 6.91. The van der Waals surface area contributed by atoms with E-state index in [1.165, 1.54) is 7.11 Å². The van der Waals surface area contributed by atoms with Crippen molar-refractivity contribution >= 4 is 11.6 Å². The molecule has 0 spiro atoms. The molecule has 1 amide bonds. The molecular formula is C13H20N2O2. The monoisotopic (exact) mass is 236 g/mol. The number of amides is 1. The van der Waals surface area contributed by atoms with Crippen molar-refractivity contribution in [2.24, 2.45) is 0 Å². The fourth-order valence-electron chi connectivity index (χ4n) is 1.62. The predicted octanol–water partition coefficient (Wildman–Crippen LogP) is 1.65. The molecule has 0 aliphatic heterocycles. The van der Waals surface area contributed by atoms with E-state index in [4.69, 9.17) is 10.5 Å². The summed E-state index contributed by atoms with van der Waals surface area (Å²) < 4.78 is 4.88. The first-order valence-corrected chi connectivity index (χ1v) is 5.78. The quantitative estimate of drug-likeness (QED) is 0.764. The number of carbonyl (C=O) groups is 1. The molecule has 2 N–H and O–H groups in total. The van der Waals surface area contributed by atoms with Crippen molar-refractivity contribution in [3.8, 4) is 0 Å². The molecule has 1 rings (SSSR count). The van der Waals surface area contributed by atoms with E-state index in [0.717, 1.165) is 24.2 Å². The highest BCUT2D eigenvalue weighted by molar-refractivity contribution is 5.77. The van der Waals surface area contributed by atoms with Crippen LogP contribution in [0.5, 0.6) is 0 Å². The van der Waals surface area contributed by atoms with Gasteiger partial charge in [-0.15, -0.1) is 0 Å². The van der Waals surface area contributed by atoms with Crippen molar-refractivity contribution in [2.45, 2.75) is 19.9 Å². The minimum atomic E-state index is 0.0196. The van der Waals surface area contributed by atoms with Crippen LogP contribution in [0.25, 0.3) is 0 Å². The highest BCUT2D eigenvalue weighted by Crippen LogP contribution is 2.09. The number of benzene rings is 1. The Morgan fingerprint density at radius 1 is 1.35 bits per heavy atom. The number of nitrogens with two attached hydrogens (primary N) is 1. The van der Waals surface area contributed by atoms with Gasteiger partial charge in [-0.25, -0.2) is 0 Å². The standard InChI is InChI=1S/C13H20N2O2/c1-3-8-15(13(16)10-17-2)9-11-4-6-12(14)7-5-11/h4-7H,3,8-10,14H2,1-2H3. The molecule has 0 bridgehead atoms. The van der Waals surface area contributed by atoms with E-state index >= 15 is 0 Å².